The van der Waals surface area contributed by atoms with Crippen molar-refractivity contribution < 1.29 is 9.31 Å². The maximum Gasteiger partial charge on any atom is 0.304 e. The predicted octanol–water partition coefficient (Wildman–Crippen LogP) is 2.16. The van der Waals surface area contributed by atoms with E-state index in [0.29, 0.717) is 18.5 Å². The Hall–Kier alpha value is -1.53. The van der Waals surface area contributed by atoms with Crippen molar-refractivity contribution in [3.63, 3.8) is 0 Å². The number of hydrogen-bond donors (Lipinski definition) is 1. The number of hydrogen-bond acceptors (Lipinski definition) is 4. The molecule has 0 aliphatic carbocycles. The maximum atomic E-state index is 13.5. The fraction of sp³-hybridized carbons (Fsp3) is 0.571. The molecular formula is C14H20FN3O2. The molecule has 0 saturated carbocycles. The van der Waals surface area contributed by atoms with E-state index in [9.17, 15) is 14.5 Å². The van der Waals surface area contributed by atoms with Gasteiger partial charge in [0.25, 0.3) is 0 Å². The summed E-state index contributed by atoms with van der Waals surface area (Å²) in [6.45, 7) is 4.83. The molecule has 1 N–H and O–H groups in total. The van der Waals surface area contributed by atoms with Crippen LogP contribution < -0.4 is 5.32 Å². The zero-order valence-electron chi connectivity index (χ0n) is 11.8. The van der Waals surface area contributed by atoms with Crippen molar-refractivity contribution in [2.75, 3.05) is 20.1 Å². The van der Waals surface area contributed by atoms with Crippen molar-refractivity contribution in [1.82, 2.24) is 10.2 Å². The van der Waals surface area contributed by atoms with E-state index in [1.54, 1.807) is 6.07 Å². The monoisotopic (exact) mass is 281 g/mol. The van der Waals surface area contributed by atoms with Gasteiger partial charge in [0, 0.05) is 25.2 Å². The Labute approximate surface area is 117 Å². The average molecular weight is 281 g/mol. The SMILES string of the molecule is CC1CN(C)CCC1NCc1ccc([N+](=O)[O-])c(F)c1. The number of rotatable bonds is 4. The summed E-state index contributed by atoms with van der Waals surface area (Å²) in [5.41, 5.74) is 0.264. The van der Waals surface area contributed by atoms with Crippen LogP contribution in [-0.2, 0) is 6.54 Å². The lowest BCUT2D eigenvalue weighted by molar-refractivity contribution is -0.387. The number of nitro groups is 1. The van der Waals surface area contributed by atoms with Gasteiger partial charge in [0.15, 0.2) is 0 Å². The molecule has 1 saturated heterocycles. The van der Waals surface area contributed by atoms with Crippen molar-refractivity contribution in [3.05, 3.63) is 39.7 Å². The normalized spacial score (nSPS) is 23.8. The zero-order valence-corrected chi connectivity index (χ0v) is 11.8. The van der Waals surface area contributed by atoms with E-state index >= 15 is 0 Å². The quantitative estimate of drug-likeness (QED) is 0.678. The molecular weight excluding hydrogens is 261 g/mol. The van der Waals surface area contributed by atoms with Crippen LogP contribution >= 0.6 is 0 Å². The molecule has 110 valence electrons. The smallest absolute Gasteiger partial charge is 0.304 e. The van der Waals surface area contributed by atoms with E-state index in [1.165, 1.54) is 12.1 Å². The number of nitrogens with one attached hydrogen (secondary N) is 1. The fourth-order valence-corrected chi connectivity index (χ4v) is 2.71. The first-order valence-corrected chi connectivity index (χ1v) is 6.82. The van der Waals surface area contributed by atoms with Gasteiger partial charge in [-0.2, -0.15) is 4.39 Å². The molecule has 2 rings (SSSR count). The molecule has 1 aliphatic heterocycles. The van der Waals surface area contributed by atoms with Gasteiger partial charge in [-0.3, -0.25) is 10.1 Å². The van der Waals surface area contributed by atoms with Crippen LogP contribution in [0.3, 0.4) is 0 Å². The minimum absolute atomic E-state index is 0.407. The summed E-state index contributed by atoms with van der Waals surface area (Å²) < 4.78 is 13.5. The summed E-state index contributed by atoms with van der Waals surface area (Å²) in [5.74, 6) is -0.234. The third-order valence-electron chi connectivity index (χ3n) is 3.89. The van der Waals surface area contributed by atoms with Gasteiger partial charge >= 0.3 is 5.69 Å². The Morgan fingerprint density at radius 1 is 1.55 bits per heavy atom. The van der Waals surface area contributed by atoms with Crippen molar-refractivity contribution in [1.29, 1.82) is 0 Å². The molecule has 0 spiro atoms. The Morgan fingerprint density at radius 2 is 2.30 bits per heavy atom. The molecule has 2 atom stereocenters. The first-order chi connectivity index (χ1) is 9.47. The molecule has 2 unspecified atom stereocenters. The molecule has 20 heavy (non-hydrogen) atoms. The Bertz CT molecular complexity index is 495. The second-order valence-electron chi connectivity index (χ2n) is 5.56. The highest BCUT2D eigenvalue weighted by molar-refractivity contribution is 5.34. The molecule has 1 aromatic carbocycles. The van der Waals surface area contributed by atoms with Gasteiger partial charge in [-0.05, 0) is 37.6 Å². The van der Waals surface area contributed by atoms with Crippen LogP contribution in [0.4, 0.5) is 10.1 Å². The van der Waals surface area contributed by atoms with Gasteiger partial charge in [-0.1, -0.05) is 13.0 Å². The highest BCUT2D eigenvalue weighted by atomic mass is 19.1. The van der Waals surface area contributed by atoms with Gasteiger partial charge in [-0.25, -0.2) is 0 Å². The van der Waals surface area contributed by atoms with Crippen molar-refractivity contribution in [2.24, 2.45) is 5.92 Å². The maximum absolute atomic E-state index is 13.5. The zero-order chi connectivity index (χ0) is 14.7. The number of nitro benzene ring substituents is 1. The minimum Gasteiger partial charge on any atom is -0.310 e. The van der Waals surface area contributed by atoms with Crippen LogP contribution in [-0.4, -0.2) is 36.0 Å². The Balaban J connectivity index is 1.94. The lowest BCUT2D eigenvalue weighted by Crippen LogP contribution is -2.46. The third kappa shape index (κ3) is 3.52. The van der Waals surface area contributed by atoms with Crippen molar-refractivity contribution in [3.8, 4) is 0 Å². The molecule has 1 aliphatic rings. The van der Waals surface area contributed by atoms with Crippen LogP contribution in [0.5, 0.6) is 0 Å². The summed E-state index contributed by atoms with van der Waals surface area (Å²) >= 11 is 0. The standard InChI is InChI=1S/C14H20FN3O2/c1-10-9-17(2)6-5-13(10)16-8-11-3-4-14(18(19)20)12(15)7-11/h3-4,7,10,13,16H,5-6,8-9H2,1-2H3. The minimum atomic E-state index is -0.772. The molecule has 1 aromatic rings. The van der Waals surface area contributed by atoms with Crippen LogP contribution in [0.1, 0.15) is 18.9 Å². The van der Waals surface area contributed by atoms with Crippen LogP contribution in [0.15, 0.2) is 18.2 Å². The highest BCUT2D eigenvalue weighted by Crippen LogP contribution is 2.19. The fourth-order valence-electron chi connectivity index (χ4n) is 2.71. The summed E-state index contributed by atoms with van der Waals surface area (Å²) in [7, 11) is 2.11. The molecule has 0 radical (unpaired) electrons. The summed E-state index contributed by atoms with van der Waals surface area (Å²) in [6.07, 6.45) is 1.06. The van der Waals surface area contributed by atoms with E-state index in [4.69, 9.17) is 0 Å². The molecule has 1 fully saturated rings. The summed E-state index contributed by atoms with van der Waals surface area (Å²) in [4.78, 5) is 12.2. The lowest BCUT2D eigenvalue weighted by Gasteiger charge is -2.35. The number of benzene rings is 1. The Kier molecular flexibility index (Phi) is 4.67. The number of likely N-dealkylation sites (tertiary alicyclic amines) is 1. The van der Waals surface area contributed by atoms with Crippen LogP contribution in [0.2, 0.25) is 0 Å². The number of halogens is 1. The number of nitrogens with zero attached hydrogens (tertiary/aromatic N) is 2. The molecule has 6 heteroatoms. The van der Waals surface area contributed by atoms with Gasteiger partial charge in [0.1, 0.15) is 0 Å². The van der Waals surface area contributed by atoms with Crippen molar-refractivity contribution >= 4 is 5.69 Å². The van der Waals surface area contributed by atoms with Gasteiger partial charge in [0.2, 0.25) is 5.82 Å². The summed E-state index contributed by atoms with van der Waals surface area (Å²) in [5, 5.41) is 14.0. The Morgan fingerprint density at radius 3 is 2.90 bits per heavy atom. The first kappa shape index (κ1) is 14.9. The van der Waals surface area contributed by atoms with Gasteiger partial charge < -0.3 is 10.2 Å². The molecule has 1 heterocycles. The highest BCUT2D eigenvalue weighted by Gasteiger charge is 2.23. The third-order valence-corrected chi connectivity index (χ3v) is 3.89. The van der Waals surface area contributed by atoms with E-state index < -0.39 is 16.4 Å². The lowest BCUT2D eigenvalue weighted by atomic mass is 9.94. The van der Waals surface area contributed by atoms with E-state index in [1.807, 2.05) is 0 Å². The van der Waals surface area contributed by atoms with Crippen LogP contribution in [0.25, 0.3) is 0 Å². The average Bonchev–Trinajstić information content (AvgIpc) is 2.37. The molecule has 5 nitrogen and oxygen atoms in total. The van der Waals surface area contributed by atoms with Crippen molar-refractivity contribution in [2.45, 2.75) is 25.9 Å². The first-order valence-electron chi connectivity index (χ1n) is 6.82. The topological polar surface area (TPSA) is 58.4 Å². The van der Waals surface area contributed by atoms with Crippen LogP contribution in [0, 0.1) is 21.8 Å². The second kappa shape index (κ2) is 6.28. The van der Waals surface area contributed by atoms with Gasteiger partial charge in [-0.15, -0.1) is 0 Å². The van der Waals surface area contributed by atoms with E-state index in [2.05, 4.69) is 24.2 Å². The van der Waals surface area contributed by atoms with E-state index in [-0.39, 0.29) is 0 Å². The van der Waals surface area contributed by atoms with Gasteiger partial charge in [0.05, 0.1) is 4.92 Å². The summed E-state index contributed by atoms with van der Waals surface area (Å²) in [6, 6.07) is 4.48. The predicted molar refractivity (Wildman–Crippen MR) is 75.0 cm³/mol. The molecule has 0 bridgehead atoms. The molecule has 0 amide bonds. The molecule has 0 aromatic heterocycles. The number of piperidine rings is 1. The second-order valence-corrected chi connectivity index (χ2v) is 5.56. The van der Waals surface area contributed by atoms with E-state index in [0.717, 1.165) is 25.1 Å². The largest absolute Gasteiger partial charge is 0.310 e.